The van der Waals surface area contributed by atoms with Gasteiger partial charge in [0.15, 0.2) is 0 Å². The number of aliphatic carboxylic acids is 1. The second-order valence-electron chi connectivity index (χ2n) is 3.99. The van der Waals surface area contributed by atoms with Crippen LogP contribution < -0.4 is 5.73 Å². The lowest BCUT2D eigenvalue weighted by Gasteiger charge is -2.32. The summed E-state index contributed by atoms with van der Waals surface area (Å²) in [5, 5.41) is 9.33. The van der Waals surface area contributed by atoms with Crippen LogP contribution in [0.5, 0.6) is 0 Å². The van der Waals surface area contributed by atoms with Crippen LogP contribution in [0.3, 0.4) is 0 Å². The van der Waals surface area contributed by atoms with Crippen LogP contribution in [-0.2, 0) is 9.59 Å². The van der Waals surface area contributed by atoms with Gasteiger partial charge in [0.05, 0.1) is 11.8 Å². The third kappa shape index (κ3) is 1.61. The van der Waals surface area contributed by atoms with Gasteiger partial charge in [0.25, 0.3) is 0 Å². The zero-order valence-electron chi connectivity index (χ0n) is 8.31. The lowest BCUT2D eigenvalue weighted by Crippen LogP contribution is -2.49. The van der Waals surface area contributed by atoms with Crippen molar-refractivity contribution in [1.29, 1.82) is 0 Å². The third-order valence-corrected chi connectivity index (χ3v) is 4.63. The average molecular weight is 230 g/mol. The molecule has 0 bridgehead atoms. The molecular weight excluding hydrogens is 216 g/mol. The zero-order chi connectivity index (χ0) is 11.1. The van der Waals surface area contributed by atoms with E-state index in [2.05, 4.69) is 0 Å². The number of amides is 1. The number of carbonyl (C=O) groups is 2. The van der Waals surface area contributed by atoms with E-state index in [0.717, 1.165) is 0 Å². The van der Waals surface area contributed by atoms with Gasteiger partial charge in [-0.05, 0) is 19.4 Å². The minimum Gasteiger partial charge on any atom is -0.480 e. The van der Waals surface area contributed by atoms with Crippen molar-refractivity contribution in [3.05, 3.63) is 0 Å². The van der Waals surface area contributed by atoms with Crippen LogP contribution in [0.4, 0.5) is 0 Å². The minimum absolute atomic E-state index is 0.0726. The average Bonchev–Trinajstić information content (AvgIpc) is 2.50. The summed E-state index contributed by atoms with van der Waals surface area (Å²) in [6, 6.07) is 0. The molecule has 2 heterocycles. The number of carbonyl (C=O) groups excluding carboxylic acids is 1. The summed E-state index contributed by atoms with van der Waals surface area (Å²) in [4.78, 5) is 24.1. The molecule has 2 atom stereocenters. The predicted molar refractivity (Wildman–Crippen MR) is 56.4 cm³/mol. The quantitative estimate of drug-likeness (QED) is 0.656. The highest BCUT2D eigenvalue weighted by Crippen LogP contribution is 2.48. The predicted octanol–water partition coefficient (Wildman–Crippen LogP) is -0.146. The molecule has 0 aliphatic carbocycles. The molecule has 0 aromatic rings. The van der Waals surface area contributed by atoms with Crippen molar-refractivity contribution in [2.75, 3.05) is 13.1 Å². The zero-order valence-corrected chi connectivity index (χ0v) is 9.13. The van der Waals surface area contributed by atoms with E-state index in [4.69, 9.17) is 5.73 Å². The van der Waals surface area contributed by atoms with E-state index < -0.39 is 10.7 Å². The van der Waals surface area contributed by atoms with Crippen molar-refractivity contribution >= 4 is 23.6 Å². The lowest BCUT2D eigenvalue weighted by atomic mass is 10.0. The summed E-state index contributed by atoms with van der Waals surface area (Å²) in [6.07, 6.45) is 1.72. The van der Waals surface area contributed by atoms with Gasteiger partial charge in [0.1, 0.15) is 4.75 Å². The van der Waals surface area contributed by atoms with Gasteiger partial charge in [0, 0.05) is 6.54 Å². The number of carboxylic acids is 1. The minimum atomic E-state index is -0.817. The Hall–Kier alpha value is -0.750. The number of thioether (sulfide) groups is 1. The molecule has 0 spiro atoms. The van der Waals surface area contributed by atoms with E-state index in [-0.39, 0.29) is 11.3 Å². The number of nitrogens with zero attached hydrogens (tertiary/aromatic N) is 1. The number of carboxylic acid groups (broad SMARTS) is 1. The van der Waals surface area contributed by atoms with Crippen molar-refractivity contribution in [2.24, 2.45) is 5.73 Å². The molecule has 1 amide bonds. The molecule has 0 aromatic carbocycles. The van der Waals surface area contributed by atoms with E-state index >= 15 is 0 Å². The molecule has 3 N–H and O–H groups in total. The van der Waals surface area contributed by atoms with Gasteiger partial charge < -0.3 is 15.7 Å². The number of rotatable bonds is 4. The SMILES string of the molecule is NCCCC1(C(=O)O)CN2C(=O)C[C@H]2S1. The highest BCUT2D eigenvalue weighted by atomic mass is 32.2. The fourth-order valence-corrected chi connectivity index (χ4v) is 3.69. The van der Waals surface area contributed by atoms with Crippen LogP contribution in [0.2, 0.25) is 0 Å². The Morgan fingerprint density at radius 3 is 2.93 bits per heavy atom. The maximum atomic E-state index is 11.3. The van der Waals surface area contributed by atoms with Gasteiger partial charge in [-0.1, -0.05) is 0 Å². The molecule has 2 aliphatic heterocycles. The molecule has 6 heteroatoms. The van der Waals surface area contributed by atoms with Crippen LogP contribution in [0, 0.1) is 0 Å². The molecule has 1 unspecified atom stereocenters. The Balaban J connectivity index is 2.08. The standard InChI is InChI=1S/C9H14N2O3S/c10-3-1-2-9(8(13)14)5-11-6(12)4-7(11)15-9/h7H,1-5,10H2,(H,13,14)/t7-,9?/m1/s1. The van der Waals surface area contributed by atoms with Gasteiger partial charge in [-0.25, -0.2) is 0 Å². The summed E-state index contributed by atoms with van der Waals surface area (Å²) < 4.78 is -0.809. The van der Waals surface area contributed by atoms with Gasteiger partial charge in [0.2, 0.25) is 5.91 Å². The Bertz CT molecular complexity index is 310. The molecule has 0 radical (unpaired) electrons. The summed E-state index contributed by atoms with van der Waals surface area (Å²) in [5.74, 6) is -0.744. The summed E-state index contributed by atoms with van der Waals surface area (Å²) in [5.41, 5.74) is 5.40. The molecule has 0 aromatic heterocycles. The van der Waals surface area contributed by atoms with Crippen molar-refractivity contribution in [2.45, 2.75) is 29.4 Å². The lowest BCUT2D eigenvalue weighted by molar-refractivity contribution is -0.144. The van der Waals surface area contributed by atoms with Gasteiger partial charge in [-0.15, -0.1) is 11.8 Å². The van der Waals surface area contributed by atoms with Crippen molar-refractivity contribution < 1.29 is 14.7 Å². The summed E-state index contributed by atoms with van der Waals surface area (Å²) >= 11 is 1.41. The Morgan fingerprint density at radius 1 is 1.73 bits per heavy atom. The van der Waals surface area contributed by atoms with E-state index in [1.54, 1.807) is 4.90 Å². The van der Waals surface area contributed by atoms with Crippen molar-refractivity contribution in [1.82, 2.24) is 4.90 Å². The molecule has 2 aliphatic rings. The molecular formula is C9H14N2O3S. The maximum absolute atomic E-state index is 11.3. The number of nitrogens with two attached hydrogens (primary N) is 1. The molecule has 2 rings (SSSR count). The summed E-state index contributed by atoms with van der Waals surface area (Å²) in [7, 11) is 0. The van der Waals surface area contributed by atoms with Gasteiger partial charge in [-0.2, -0.15) is 0 Å². The van der Waals surface area contributed by atoms with E-state index in [1.807, 2.05) is 0 Å². The first-order valence-corrected chi connectivity index (χ1v) is 5.88. The molecule has 84 valence electrons. The highest BCUT2D eigenvalue weighted by Gasteiger charge is 2.56. The highest BCUT2D eigenvalue weighted by molar-refractivity contribution is 8.02. The fourth-order valence-electron chi connectivity index (χ4n) is 2.04. The Labute approximate surface area is 92.0 Å². The van der Waals surface area contributed by atoms with Gasteiger partial charge >= 0.3 is 5.97 Å². The normalized spacial score (nSPS) is 33.8. The first-order chi connectivity index (χ1) is 7.09. The van der Waals surface area contributed by atoms with Crippen LogP contribution in [-0.4, -0.2) is 45.1 Å². The Kier molecular flexibility index (Phi) is 2.64. The van der Waals surface area contributed by atoms with Crippen LogP contribution in [0.25, 0.3) is 0 Å². The third-order valence-electron chi connectivity index (χ3n) is 2.98. The van der Waals surface area contributed by atoms with Gasteiger partial charge in [-0.3, -0.25) is 9.59 Å². The number of hydrogen-bond donors (Lipinski definition) is 2. The topological polar surface area (TPSA) is 83.6 Å². The van der Waals surface area contributed by atoms with Crippen molar-refractivity contribution in [3.8, 4) is 0 Å². The first kappa shape index (κ1) is 10.8. The van der Waals surface area contributed by atoms with Crippen LogP contribution in [0.15, 0.2) is 0 Å². The smallest absolute Gasteiger partial charge is 0.321 e. The van der Waals surface area contributed by atoms with E-state index in [0.29, 0.717) is 32.4 Å². The molecule has 15 heavy (non-hydrogen) atoms. The second kappa shape index (κ2) is 3.68. The number of β-lactam (4-membered cyclic amide) rings is 1. The fraction of sp³-hybridized carbons (Fsp3) is 0.778. The van der Waals surface area contributed by atoms with E-state index in [9.17, 15) is 14.7 Å². The van der Waals surface area contributed by atoms with Crippen LogP contribution in [0.1, 0.15) is 19.3 Å². The number of hydrogen-bond acceptors (Lipinski definition) is 4. The molecule has 5 nitrogen and oxygen atoms in total. The first-order valence-electron chi connectivity index (χ1n) is 5.00. The van der Waals surface area contributed by atoms with E-state index in [1.165, 1.54) is 11.8 Å². The Morgan fingerprint density at radius 2 is 2.47 bits per heavy atom. The second-order valence-corrected chi connectivity index (χ2v) is 5.55. The number of fused-ring (bicyclic) bond motifs is 1. The molecule has 2 fully saturated rings. The maximum Gasteiger partial charge on any atom is 0.321 e. The molecule has 0 saturated carbocycles. The summed E-state index contributed by atoms with van der Waals surface area (Å²) in [6.45, 7) is 0.838. The van der Waals surface area contributed by atoms with Crippen LogP contribution >= 0.6 is 11.8 Å². The molecule has 2 saturated heterocycles. The van der Waals surface area contributed by atoms with Crippen molar-refractivity contribution in [3.63, 3.8) is 0 Å². The monoisotopic (exact) mass is 230 g/mol. The largest absolute Gasteiger partial charge is 0.480 e.